The molecule has 26 heavy (non-hydrogen) atoms. The van der Waals surface area contributed by atoms with Crippen LogP contribution in [0.3, 0.4) is 0 Å². The van der Waals surface area contributed by atoms with Crippen LogP contribution in [0.15, 0.2) is 30.3 Å². The van der Waals surface area contributed by atoms with Crippen molar-refractivity contribution in [2.45, 2.75) is 46.1 Å². The minimum atomic E-state index is -0.206. The van der Waals surface area contributed by atoms with Crippen molar-refractivity contribution in [2.24, 2.45) is 13.0 Å². The molecule has 0 bridgehead atoms. The van der Waals surface area contributed by atoms with Crippen LogP contribution >= 0.6 is 0 Å². The molecule has 0 fully saturated rings. The fourth-order valence-electron chi connectivity index (χ4n) is 2.93. The summed E-state index contributed by atoms with van der Waals surface area (Å²) in [5.74, 6) is 0.817. The van der Waals surface area contributed by atoms with Gasteiger partial charge in [0.2, 0.25) is 0 Å². The number of aryl methyl sites for hydroxylation is 1. The molecule has 2 heterocycles. The third-order valence-corrected chi connectivity index (χ3v) is 4.54. The topological polar surface area (TPSA) is 75.6 Å². The molecule has 0 aliphatic rings. The summed E-state index contributed by atoms with van der Waals surface area (Å²) in [7, 11) is 1.80. The van der Waals surface area contributed by atoms with Crippen LogP contribution in [0.2, 0.25) is 0 Å². The number of carbonyl (C=O) groups is 1. The zero-order valence-corrected chi connectivity index (χ0v) is 16.3. The number of imidazole rings is 1. The van der Waals surface area contributed by atoms with Gasteiger partial charge >= 0.3 is 0 Å². The van der Waals surface area contributed by atoms with Gasteiger partial charge in [-0.15, -0.1) is 0 Å². The van der Waals surface area contributed by atoms with Crippen LogP contribution in [-0.2, 0) is 12.5 Å². The number of fused-ring (bicyclic) bond motifs is 1. The van der Waals surface area contributed by atoms with Crippen LogP contribution in [0.4, 0.5) is 0 Å². The molecule has 1 atom stereocenters. The van der Waals surface area contributed by atoms with Gasteiger partial charge in [-0.05, 0) is 24.1 Å². The van der Waals surface area contributed by atoms with Crippen molar-refractivity contribution in [1.29, 1.82) is 0 Å². The Balaban J connectivity index is 1.89. The van der Waals surface area contributed by atoms with Crippen LogP contribution in [0.1, 0.15) is 62.7 Å². The van der Waals surface area contributed by atoms with Gasteiger partial charge in [-0.25, -0.2) is 4.98 Å². The summed E-state index contributed by atoms with van der Waals surface area (Å²) in [6, 6.07) is 9.54. The van der Waals surface area contributed by atoms with E-state index in [0.29, 0.717) is 5.69 Å². The van der Waals surface area contributed by atoms with Gasteiger partial charge in [-0.1, -0.05) is 46.8 Å². The predicted octanol–water partition coefficient (Wildman–Crippen LogP) is 3.72. The van der Waals surface area contributed by atoms with Gasteiger partial charge in [0.05, 0.1) is 22.8 Å². The molecule has 0 aliphatic carbocycles. The molecular weight excluding hydrogens is 326 g/mol. The van der Waals surface area contributed by atoms with Crippen molar-refractivity contribution in [3.63, 3.8) is 0 Å². The van der Waals surface area contributed by atoms with Crippen molar-refractivity contribution in [1.82, 2.24) is 25.1 Å². The second-order valence-electron chi connectivity index (χ2n) is 8.12. The number of amides is 1. The Morgan fingerprint density at radius 1 is 1.23 bits per heavy atom. The van der Waals surface area contributed by atoms with Gasteiger partial charge in [0, 0.05) is 12.5 Å². The average Bonchev–Trinajstić information content (AvgIpc) is 3.14. The number of hydrogen-bond donors (Lipinski definition) is 2. The first kappa shape index (κ1) is 18.2. The number of hydrogen-bond acceptors (Lipinski definition) is 3. The highest BCUT2D eigenvalue weighted by atomic mass is 16.2. The zero-order valence-electron chi connectivity index (χ0n) is 16.3. The lowest BCUT2D eigenvalue weighted by Gasteiger charge is -2.20. The zero-order chi connectivity index (χ0) is 19.1. The van der Waals surface area contributed by atoms with Crippen LogP contribution in [-0.4, -0.2) is 25.7 Å². The molecule has 3 aromatic rings. The molecule has 138 valence electrons. The summed E-state index contributed by atoms with van der Waals surface area (Å²) < 4.78 is 1.64. The van der Waals surface area contributed by atoms with Crippen LogP contribution < -0.4 is 5.32 Å². The summed E-state index contributed by atoms with van der Waals surface area (Å²) in [6.07, 6.45) is 0. The minimum absolute atomic E-state index is 0.105. The van der Waals surface area contributed by atoms with Crippen molar-refractivity contribution in [3.8, 4) is 0 Å². The number of nitrogens with one attached hydrogen (secondary N) is 2. The van der Waals surface area contributed by atoms with Crippen molar-refractivity contribution < 1.29 is 4.79 Å². The monoisotopic (exact) mass is 353 g/mol. The maximum absolute atomic E-state index is 12.9. The van der Waals surface area contributed by atoms with E-state index in [2.05, 4.69) is 55.0 Å². The molecule has 1 amide bonds. The summed E-state index contributed by atoms with van der Waals surface area (Å²) in [4.78, 5) is 20.9. The molecule has 2 N–H and O–H groups in total. The number of benzene rings is 1. The highest BCUT2D eigenvalue weighted by molar-refractivity contribution is 5.93. The normalized spacial score (nSPS) is 13.3. The molecule has 6 heteroatoms. The molecule has 1 unspecified atom stereocenters. The van der Waals surface area contributed by atoms with Gasteiger partial charge in [0.1, 0.15) is 11.5 Å². The Morgan fingerprint density at radius 3 is 2.50 bits per heavy atom. The van der Waals surface area contributed by atoms with E-state index in [1.165, 1.54) is 0 Å². The smallest absolute Gasteiger partial charge is 0.270 e. The fourth-order valence-corrected chi connectivity index (χ4v) is 2.93. The van der Waals surface area contributed by atoms with Gasteiger partial charge in [0.25, 0.3) is 5.91 Å². The molecule has 2 aromatic heterocycles. The fraction of sp³-hybridized carbons (Fsp3) is 0.450. The number of aromatic nitrogens is 4. The van der Waals surface area contributed by atoms with Gasteiger partial charge in [0.15, 0.2) is 0 Å². The molecule has 0 spiro atoms. The maximum Gasteiger partial charge on any atom is 0.270 e. The van der Waals surface area contributed by atoms with E-state index in [-0.39, 0.29) is 23.3 Å². The van der Waals surface area contributed by atoms with E-state index in [1.54, 1.807) is 11.7 Å². The first-order valence-corrected chi connectivity index (χ1v) is 8.97. The lowest BCUT2D eigenvalue weighted by atomic mass is 9.92. The Hall–Kier alpha value is -2.63. The van der Waals surface area contributed by atoms with Crippen LogP contribution in [0.5, 0.6) is 0 Å². The molecule has 0 saturated heterocycles. The third-order valence-electron chi connectivity index (χ3n) is 4.54. The highest BCUT2D eigenvalue weighted by Gasteiger charge is 2.26. The first-order chi connectivity index (χ1) is 12.2. The summed E-state index contributed by atoms with van der Waals surface area (Å²) in [5, 5.41) is 7.62. The second-order valence-corrected chi connectivity index (χ2v) is 8.12. The van der Waals surface area contributed by atoms with E-state index in [9.17, 15) is 4.79 Å². The Kier molecular flexibility index (Phi) is 4.61. The van der Waals surface area contributed by atoms with E-state index < -0.39 is 0 Å². The van der Waals surface area contributed by atoms with Crippen LogP contribution in [0, 0.1) is 5.92 Å². The SMILES string of the molecule is CC(C)C(NC(=O)c1cc(C(C)(C)C)nn1C)c1nc2ccccc2[nH]1. The van der Waals surface area contributed by atoms with Crippen molar-refractivity contribution in [3.05, 3.63) is 47.5 Å². The quantitative estimate of drug-likeness (QED) is 0.750. The lowest BCUT2D eigenvalue weighted by Crippen LogP contribution is -2.33. The molecule has 0 radical (unpaired) electrons. The molecule has 0 saturated carbocycles. The average molecular weight is 353 g/mol. The van der Waals surface area contributed by atoms with Crippen LogP contribution in [0.25, 0.3) is 11.0 Å². The van der Waals surface area contributed by atoms with E-state index in [0.717, 1.165) is 22.6 Å². The number of carbonyl (C=O) groups excluding carboxylic acids is 1. The Bertz CT molecular complexity index is 896. The van der Waals surface area contributed by atoms with Gasteiger partial charge in [-0.2, -0.15) is 5.10 Å². The predicted molar refractivity (Wildman–Crippen MR) is 103 cm³/mol. The van der Waals surface area contributed by atoms with Crippen molar-refractivity contribution >= 4 is 16.9 Å². The van der Waals surface area contributed by atoms with Crippen molar-refractivity contribution in [2.75, 3.05) is 0 Å². The lowest BCUT2D eigenvalue weighted by molar-refractivity contribution is 0.0913. The van der Waals surface area contributed by atoms with E-state index in [4.69, 9.17) is 0 Å². The van der Waals surface area contributed by atoms with Gasteiger partial charge in [-0.3, -0.25) is 9.48 Å². The van der Waals surface area contributed by atoms with E-state index >= 15 is 0 Å². The van der Waals surface area contributed by atoms with Gasteiger partial charge < -0.3 is 10.3 Å². The summed E-state index contributed by atoms with van der Waals surface area (Å²) in [5.41, 5.74) is 3.22. The number of para-hydroxylation sites is 2. The molecule has 3 rings (SSSR count). The minimum Gasteiger partial charge on any atom is -0.341 e. The summed E-state index contributed by atoms with van der Waals surface area (Å²) >= 11 is 0. The number of rotatable bonds is 4. The number of H-pyrrole nitrogens is 1. The Labute approximate surface area is 154 Å². The number of aromatic amines is 1. The largest absolute Gasteiger partial charge is 0.341 e. The second kappa shape index (κ2) is 6.59. The van der Waals surface area contributed by atoms with E-state index in [1.807, 2.05) is 30.3 Å². The molecular formula is C20H27N5O. The molecule has 1 aromatic carbocycles. The third kappa shape index (κ3) is 3.49. The highest BCUT2D eigenvalue weighted by Crippen LogP contribution is 2.24. The standard InChI is InChI=1S/C20H27N5O/c1-12(2)17(18-21-13-9-7-8-10-14(13)22-18)23-19(26)15-11-16(20(3,4)5)24-25(15)6/h7-12,17H,1-6H3,(H,21,22)(H,23,26). The summed E-state index contributed by atoms with van der Waals surface area (Å²) in [6.45, 7) is 10.4. The molecule has 0 aliphatic heterocycles. The maximum atomic E-state index is 12.9. The number of nitrogens with zero attached hydrogens (tertiary/aromatic N) is 3. The Morgan fingerprint density at radius 2 is 1.92 bits per heavy atom. The first-order valence-electron chi connectivity index (χ1n) is 8.97. The molecule has 6 nitrogen and oxygen atoms in total.